The van der Waals surface area contributed by atoms with Gasteiger partial charge in [0.15, 0.2) is 0 Å². The van der Waals surface area contributed by atoms with Gasteiger partial charge in [-0.1, -0.05) is 48.3 Å². The number of hydrogen-bond acceptors (Lipinski definition) is 3. The molecule has 8 heteroatoms. The van der Waals surface area contributed by atoms with Gasteiger partial charge in [-0.2, -0.15) is 0 Å². The molecule has 0 radical (unpaired) electrons. The van der Waals surface area contributed by atoms with Gasteiger partial charge in [0, 0.05) is 11.6 Å². The smallest absolute Gasteiger partial charge is 0.251 e. The van der Waals surface area contributed by atoms with Crippen molar-refractivity contribution in [2.75, 3.05) is 10.6 Å². The maximum atomic E-state index is 12.3. The van der Waals surface area contributed by atoms with Crippen molar-refractivity contribution in [1.82, 2.24) is 5.32 Å². The Bertz CT molecular complexity index is 915. The first-order chi connectivity index (χ1) is 12.6. The second-order valence-corrected chi connectivity index (χ2v) is 9.01. The van der Waals surface area contributed by atoms with Gasteiger partial charge in [0.1, 0.15) is 0 Å². The van der Waals surface area contributed by atoms with Crippen LogP contribution in [0, 0.1) is 0 Å². The Hall–Kier alpha value is -1.76. The maximum Gasteiger partial charge on any atom is 0.251 e. The third-order valence-electron chi connectivity index (χ3n) is 4.13. The second kappa shape index (κ2) is 8.95. The number of benzene rings is 2. The van der Waals surface area contributed by atoms with E-state index in [0.29, 0.717) is 11.3 Å². The van der Waals surface area contributed by atoms with E-state index in [4.69, 9.17) is 23.2 Å². The van der Waals surface area contributed by atoms with Gasteiger partial charge >= 0.3 is 0 Å². The molecule has 0 unspecified atom stereocenters. The molecule has 2 aromatic carbocycles. The van der Waals surface area contributed by atoms with Crippen LogP contribution >= 0.6 is 23.2 Å². The third-order valence-corrected chi connectivity index (χ3v) is 6.07. The number of rotatable bonds is 7. The topological polar surface area (TPSA) is 66.5 Å². The summed E-state index contributed by atoms with van der Waals surface area (Å²) in [6.45, 7) is 4.01. The van der Waals surface area contributed by atoms with Crippen molar-refractivity contribution in [3.63, 3.8) is 0 Å². The van der Waals surface area contributed by atoms with Crippen molar-refractivity contribution in [2.45, 2.75) is 32.9 Å². The molecule has 0 fully saturated rings. The fourth-order valence-corrected chi connectivity index (χ4v) is 3.74. The Labute approximate surface area is 170 Å². The van der Waals surface area contributed by atoms with Crippen LogP contribution in [0.2, 0.25) is 10.0 Å². The Morgan fingerprint density at radius 2 is 1.78 bits per heavy atom. The van der Waals surface area contributed by atoms with Crippen LogP contribution < -0.4 is 9.62 Å². The first-order valence-electron chi connectivity index (χ1n) is 8.45. The van der Waals surface area contributed by atoms with Gasteiger partial charge in [-0.25, -0.2) is 8.42 Å². The van der Waals surface area contributed by atoms with Gasteiger partial charge in [0.2, 0.25) is 10.0 Å². The van der Waals surface area contributed by atoms with Gasteiger partial charge in [0.05, 0.1) is 28.5 Å². The standard InChI is InChI=1S/C19H22Cl2N2O3S/c1-4-13(2)22-19(24)15-10-8-14(9-11-15)12-23(27(3,25)26)17-7-5-6-16(20)18(17)21/h5-11,13H,4,12H2,1-3H3,(H,22,24)/t13-/m0/s1. The molecule has 0 heterocycles. The van der Waals surface area contributed by atoms with Gasteiger partial charge in [-0.3, -0.25) is 9.10 Å². The number of hydrogen-bond donors (Lipinski definition) is 1. The second-order valence-electron chi connectivity index (χ2n) is 6.32. The van der Waals surface area contributed by atoms with E-state index in [-0.39, 0.29) is 28.5 Å². The van der Waals surface area contributed by atoms with E-state index in [9.17, 15) is 13.2 Å². The van der Waals surface area contributed by atoms with Crippen LogP contribution in [0.1, 0.15) is 36.2 Å². The van der Waals surface area contributed by atoms with Crippen LogP contribution in [0.5, 0.6) is 0 Å². The highest BCUT2D eigenvalue weighted by atomic mass is 35.5. The molecule has 27 heavy (non-hydrogen) atoms. The summed E-state index contributed by atoms with van der Waals surface area (Å²) < 4.78 is 25.8. The Morgan fingerprint density at radius 3 is 2.33 bits per heavy atom. The highest BCUT2D eigenvalue weighted by Gasteiger charge is 2.21. The molecule has 0 aliphatic rings. The summed E-state index contributed by atoms with van der Waals surface area (Å²) in [4.78, 5) is 12.2. The molecule has 1 amide bonds. The maximum absolute atomic E-state index is 12.3. The van der Waals surface area contributed by atoms with E-state index < -0.39 is 10.0 Å². The largest absolute Gasteiger partial charge is 0.350 e. The lowest BCUT2D eigenvalue weighted by Crippen LogP contribution is -2.32. The average molecular weight is 429 g/mol. The number of amides is 1. The molecule has 0 spiro atoms. The van der Waals surface area contributed by atoms with Crippen molar-refractivity contribution in [1.29, 1.82) is 0 Å². The first-order valence-corrected chi connectivity index (χ1v) is 11.1. The first kappa shape index (κ1) is 21.5. The lowest BCUT2D eigenvalue weighted by atomic mass is 10.1. The zero-order valence-corrected chi connectivity index (χ0v) is 17.7. The van der Waals surface area contributed by atoms with Crippen molar-refractivity contribution in [3.05, 3.63) is 63.6 Å². The summed E-state index contributed by atoms with van der Waals surface area (Å²) in [6.07, 6.45) is 1.95. The number of nitrogens with one attached hydrogen (secondary N) is 1. The van der Waals surface area contributed by atoms with Crippen LogP contribution in [0.15, 0.2) is 42.5 Å². The minimum absolute atomic E-state index is 0.0756. The van der Waals surface area contributed by atoms with Crippen LogP contribution in [0.3, 0.4) is 0 Å². The third kappa shape index (κ3) is 5.61. The van der Waals surface area contributed by atoms with E-state index in [2.05, 4.69) is 5.32 Å². The van der Waals surface area contributed by atoms with E-state index in [1.54, 1.807) is 42.5 Å². The van der Waals surface area contributed by atoms with Gasteiger partial charge in [-0.05, 0) is 43.2 Å². The number of anilines is 1. The molecule has 0 aliphatic heterocycles. The summed E-state index contributed by atoms with van der Waals surface area (Å²) >= 11 is 12.2. The molecular formula is C19H22Cl2N2O3S. The SMILES string of the molecule is CC[C@H](C)NC(=O)c1ccc(CN(c2cccc(Cl)c2Cl)S(C)(=O)=O)cc1. The zero-order chi connectivity index (χ0) is 20.2. The van der Waals surface area contributed by atoms with E-state index in [0.717, 1.165) is 18.2 Å². The number of carbonyl (C=O) groups is 1. The number of sulfonamides is 1. The summed E-state index contributed by atoms with van der Waals surface area (Å²) in [5.74, 6) is -0.159. The molecule has 0 bridgehead atoms. The minimum atomic E-state index is -3.59. The Morgan fingerprint density at radius 1 is 1.15 bits per heavy atom. The molecule has 1 N–H and O–H groups in total. The fraction of sp³-hybridized carbons (Fsp3) is 0.316. The van der Waals surface area contributed by atoms with Gasteiger partial charge in [0.25, 0.3) is 5.91 Å². The molecule has 146 valence electrons. The molecule has 0 saturated heterocycles. The summed E-state index contributed by atoms with van der Waals surface area (Å²) in [5.41, 5.74) is 1.55. The Balaban J connectivity index is 2.27. The normalized spacial score (nSPS) is 12.5. The van der Waals surface area contributed by atoms with E-state index >= 15 is 0 Å². The lowest BCUT2D eigenvalue weighted by Gasteiger charge is -2.24. The quantitative estimate of drug-likeness (QED) is 0.706. The van der Waals surface area contributed by atoms with E-state index in [1.165, 1.54) is 4.31 Å². The van der Waals surface area contributed by atoms with Crippen LogP contribution in [-0.2, 0) is 16.6 Å². The molecule has 0 aromatic heterocycles. The van der Waals surface area contributed by atoms with Crippen molar-refractivity contribution in [2.24, 2.45) is 0 Å². The zero-order valence-electron chi connectivity index (χ0n) is 15.4. The molecule has 2 aromatic rings. The highest BCUT2D eigenvalue weighted by molar-refractivity contribution is 7.92. The summed E-state index contributed by atoms with van der Waals surface area (Å²) in [6, 6.07) is 11.7. The molecule has 1 atom stereocenters. The summed E-state index contributed by atoms with van der Waals surface area (Å²) in [5, 5.41) is 3.35. The number of carbonyl (C=O) groups excluding carboxylic acids is 1. The van der Waals surface area contributed by atoms with Crippen LogP contribution in [-0.4, -0.2) is 26.6 Å². The number of halogens is 2. The monoisotopic (exact) mass is 428 g/mol. The number of nitrogens with zero attached hydrogens (tertiary/aromatic N) is 1. The van der Waals surface area contributed by atoms with Crippen LogP contribution in [0.25, 0.3) is 0 Å². The summed E-state index contributed by atoms with van der Waals surface area (Å²) in [7, 11) is -3.59. The van der Waals surface area contributed by atoms with E-state index in [1.807, 2.05) is 13.8 Å². The minimum Gasteiger partial charge on any atom is -0.350 e. The molecule has 0 aliphatic carbocycles. The Kier molecular flexibility index (Phi) is 7.14. The van der Waals surface area contributed by atoms with Crippen molar-refractivity contribution < 1.29 is 13.2 Å². The highest BCUT2D eigenvalue weighted by Crippen LogP contribution is 2.34. The predicted molar refractivity (Wildman–Crippen MR) is 111 cm³/mol. The molecule has 0 saturated carbocycles. The molecule has 5 nitrogen and oxygen atoms in total. The molecular weight excluding hydrogens is 407 g/mol. The van der Waals surface area contributed by atoms with Crippen LogP contribution in [0.4, 0.5) is 5.69 Å². The fourth-order valence-electron chi connectivity index (χ4n) is 2.40. The lowest BCUT2D eigenvalue weighted by molar-refractivity contribution is 0.0939. The van der Waals surface area contributed by atoms with Crippen molar-refractivity contribution >= 4 is 44.8 Å². The predicted octanol–water partition coefficient (Wildman–Crippen LogP) is 4.49. The van der Waals surface area contributed by atoms with Gasteiger partial charge < -0.3 is 5.32 Å². The molecule has 2 rings (SSSR count). The van der Waals surface area contributed by atoms with Crippen molar-refractivity contribution in [3.8, 4) is 0 Å². The average Bonchev–Trinajstić information content (AvgIpc) is 2.61. The van der Waals surface area contributed by atoms with Gasteiger partial charge in [-0.15, -0.1) is 0 Å².